The fraction of sp³-hybridized carbons (Fsp3) is 0.407. The summed E-state index contributed by atoms with van der Waals surface area (Å²) in [6.07, 6.45) is 1.60. The summed E-state index contributed by atoms with van der Waals surface area (Å²) >= 11 is 0. The number of carbonyl (C=O) groups excluding carboxylic acids is 2. The van der Waals surface area contributed by atoms with Crippen molar-refractivity contribution in [2.45, 2.75) is 39.7 Å². The minimum atomic E-state index is -0.326. The van der Waals surface area contributed by atoms with Gasteiger partial charge < -0.3 is 19.7 Å². The van der Waals surface area contributed by atoms with Crippen molar-refractivity contribution >= 4 is 28.8 Å². The number of nitrogens with one attached hydrogen (secondary N) is 1. The standard InChI is InChI=1S/C27H35N3O4/c1-6-17-34-23-14-8-20(9-15-23)24-25(28-21-10-12-22(13-11-21)29(4)5)27(32)30(26(24)31)16-7-18-33-19(2)3/h8-15,19,28H,6-7,16-18H2,1-5H3. The normalized spacial score (nSPS) is 13.8. The molecule has 2 amide bonds. The Morgan fingerprint density at radius 3 is 2.21 bits per heavy atom. The first-order valence-corrected chi connectivity index (χ1v) is 11.8. The van der Waals surface area contributed by atoms with Gasteiger partial charge in [-0.2, -0.15) is 0 Å². The highest BCUT2D eigenvalue weighted by Gasteiger charge is 2.38. The van der Waals surface area contributed by atoms with Crippen LogP contribution in [0.2, 0.25) is 0 Å². The molecule has 1 heterocycles. The third kappa shape index (κ3) is 6.17. The summed E-state index contributed by atoms with van der Waals surface area (Å²) in [5.41, 5.74) is 3.12. The van der Waals surface area contributed by atoms with Gasteiger partial charge in [0.15, 0.2) is 0 Å². The summed E-state index contributed by atoms with van der Waals surface area (Å²) < 4.78 is 11.3. The van der Waals surface area contributed by atoms with E-state index in [4.69, 9.17) is 9.47 Å². The molecule has 0 bridgehead atoms. The zero-order valence-corrected chi connectivity index (χ0v) is 20.8. The van der Waals surface area contributed by atoms with Gasteiger partial charge in [-0.25, -0.2) is 0 Å². The lowest BCUT2D eigenvalue weighted by atomic mass is 10.0. The largest absolute Gasteiger partial charge is 0.494 e. The molecular weight excluding hydrogens is 430 g/mol. The molecule has 0 atom stereocenters. The van der Waals surface area contributed by atoms with E-state index in [-0.39, 0.29) is 23.6 Å². The van der Waals surface area contributed by atoms with Gasteiger partial charge in [0.05, 0.1) is 18.3 Å². The summed E-state index contributed by atoms with van der Waals surface area (Å²) in [6.45, 7) is 7.39. The van der Waals surface area contributed by atoms with Crippen molar-refractivity contribution in [1.29, 1.82) is 0 Å². The quantitative estimate of drug-likeness (QED) is 0.366. The third-order valence-electron chi connectivity index (χ3n) is 5.41. The van der Waals surface area contributed by atoms with Crippen molar-refractivity contribution in [3.05, 3.63) is 59.8 Å². The van der Waals surface area contributed by atoms with Gasteiger partial charge in [-0.15, -0.1) is 0 Å². The molecule has 0 fully saturated rings. The number of carbonyl (C=O) groups is 2. The number of nitrogens with zero attached hydrogens (tertiary/aromatic N) is 2. The molecule has 0 spiro atoms. The SMILES string of the molecule is CCCOc1ccc(C2=C(Nc3ccc(N(C)C)cc3)C(=O)N(CCCOC(C)C)C2=O)cc1. The number of ether oxygens (including phenoxy) is 2. The van der Waals surface area contributed by atoms with Crippen LogP contribution >= 0.6 is 0 Å². The molecule has 1 aliphatic rings. The lowest BCUT2D eigenvalue weighted by molar-refractivity contribution is -0.137. The van der Waals surface area contributed by atoms with Gasteiger partial charge in [-0.05, 0) is 68.7 Å². The van der Waals surface area contributed by atoms with Gasteiger partial charge in [0.25, 0.3) is 11.8 Å². The van der Waals surface area contributed by atoms with Crippen molar-refractivity contribution in [1.82, 2.24) is 4.90 Å². The number of benzene rings is 2. The second kappa shape index (κ2) is 11.7. The Kier molecular flexibility index (Phi) is 8.71. The lowest BCUT2D eigenvalue weighted by Gasteiger charge is -2.16. The molecule has 1 aliphatic heterocycles. The van der Waals surface area contributed by atoms with E-state index >= 15 is 0 Å². The third-order valence-corrected chi connectivity index (χ3v) is 5.41. The summed E-state index contributed by atoms with van der Waals surface area (Å²) in [5.74, 6) is 0.108. The average Bonchev–Trinajstić information content (AvgIpc) is 3.05. The number of amides is 2. The van der Waals surface area contributed by atoms with Crippen molar-refractivity contribution in [3.63, 3.8) is 0 Å². The molecule has 2 aromatic rings. The maximum Gasteiger partial charge on any atom is 0.278 e. The molecule has 182 valence electrons. The highest BCUT2D eigenvalue weighted by atomic mass is 16.5. The summed E-state index contributed by atoms with van der Waals surface area (Å²) in [5, 5.41) is 3.21. The van der Waals surface area contributed by atoms with E-state index < -0.39 is 0 Å². The molecule has 2 aromatic carbocycles. The zero-order chi connectivity index (χ0) is 24.7. The van der Waals surface area contributed by atoms with Crippen LogP contribution in [0.25, 0.3) is 5.57 Å². The number of imide groups is 1. The lowest BCUT2D eigenvalue weighted by Crippen LogP contribution is -2.34. The molecule has 3 rings (SSSR count). The van der Waals surface area contributed by atoms with Gasteiger partial charge in [0.2, 0.25) is 0 Å². The van der Waals surface area contributed by atoms with Crippen LogP contribution in [-0.2, 0) is 14.3 Å². The molecule has 0 aliphatic carbocycles. The highest BCUT2D eigenvalue weighted by molar-refractivity contribution is 6.36. The average molecular weight is 466 g/mol. The van der Waals surface area contributed by atoms with E-state index in [1.807, 2.05) is 88.3 Å². The van der Waals surface area contributed by atoms with Crippen LogP contribution in [-0.4, -0.2) is 56.7 Å². The van der Waals surface area contributed by atoms with Gasteiger partial charge >= 0.3 is 0 Å². The summed E-state index contributed by atoms with van der Waals surface area (Å²) in [4.78, 5) is 30.0. The second-order valence-electron chi connectivity index (χ2n) is 8.72. The van der Waals surface area contributed by atoms with Crippen LogP contribution in [0.15, 0.2) is 54.2 Å². The zero-order valence-electron chi connectivity index (χ0n) is 20.8. The molecule has 0 saturated heterocycles. The highest BCUT2D eigenvalue weighted by Crippen LogP contribution is 2.32. The van der Waals surface area contributed by atoms with Crippen molar-refractivity contribution in [2.24, 2.45) is 0 Å². The smallest absolute Gasteiger partial charge is 0.278 e. The van der Waals surface area contributed by atoms with E-state index in [9.17, 15) is 9.59 Å². The Bertz CT molecular complexity index is 1010. The van der Waals surface area contributed by atoms with Gasteiger partial charge in [0.1, 0.15) is 11.4 Å². The van der Waals surface area contributed by atoms with E-state index in [0.717, 1.165) is 23.5 Å². The van der Waals surface area contributed by atoms with Gasteiger partial charge in [-0.3, -0.25) is 14.5 Å². The molecule has 34 heavy (non-hydrogen) atoms. The van der Waals surface area contributed by atoms with Crippen LogP contribution < -0.4 is 15.0 Å². The van der Waals surface area contributed by atoms with E-state index in [1.54, 1.807) is 0 Å². The van der Waals surface area contributed by atoms with Gasteiger partial charge in [-0.1, -0.05) is 19.1 Å². The molecule has 7 heteroatoms. The van der Waals surface area contributed by atoms with E-state index in [2.05, 4.69) is 5.32 Å². The van der Waals surface area contributed by atoms with Crippen LogP contribution in [0.4, 0.5) is 11.4 Å². The molecular formula is C27H35N3O4. The Labute approximate surface area is 202 Å². The second-order valence-corrected chi connectivity index (χ2v) is 8.72. The molecule has 0 aromatic heterocycles. The maximum atomic E-state index is 13.4. The minimum absolute atomic E-state index is 0.106. The number of hydrogen-bond donors (Lipinski definition) is 1. The van der Waals surface area contributed by atoms with Crippen molar-refractivity contribution in [2.75, 3.05) is 44.1 Å². The molecule has 7 nitrogen and oxygen atoms in total. The fourth-order valence-corrected chi connectivity index (χ4v) is 3.63. The predicted octanol–water partition coefficient (Wildman–Crippen LogP) is 4.55. The van der Waals surface area contributed by atoms with Crippen LogP contribution in [0.5, 0.6) is 5.75 Å². The molecule has 0 radical (unpaired) electrons. The first-order valence-electron chi connectivity index (χ1n) is 11.8. The van der Waals surface area contributed by atoms with Crippen LogP contribution in [0.3, 0.4) is 0 Å². The maximum absolute atomic E-state index is 13.4. The summed E-state index contributed by atoms with van der Waals surface area (Å²) in [7, 11) is 3.94. The van der Waals surface area contributed by atoms with Crippen LogP contribution in [0, 0.1) is 0 Å². The van der Waals surface area contributed by atoms with Crippen LogP contribution in [0.1, 0.15) is 39.2 Å². The fourth-order valence-electron chi connectivity index (χ4n) is 3.63. The van der Waals surface area contributed by atoms with Crippen molar-refractivity contribution < 1.29 is 19.1 Å². The minimum Gasteiger partial charge on any atom is -0.494 e. The molecule has 0 saturated carbocycles. The molecule has 0 unspecified atom stereocenters. The van der Waals surface area contributed by atoms with E-state index in [0.29, 0.717) is 37.3 Å². The monoisotopic (exact) mass is 465 g/mol. The number of rotatable bonds is 12. The topological polar surface area (TPSA) is 71.1 Å². The number of hydrogen-bond acceptors (Lipinski definition) is 6. The first kappa shape index (κ1) is 25.3. The number of anilines is 2. The summed E-state index contributed by atoms with van der Waals surface area (Å²) in [6, 6.07) is 15.0. The first-order chi connectivity index (χ1) is 16.3. The predicted molar refractivity (Wildman–Crippen MR) is 136 cm³/mol. The Morgan fingerprint density at radius 2 is 1.62 bits per heavy atom. The van der Waals surface area contributed by atoms with E-state index in [1.165, 1.54) is 4.90 Å². The van der Waals surface area contributed by atoms with Crippen molar-refractivity contribution in [3.8, 4) is 5.75 Å². The Balaban J connectivity index is 1.88. The molecule has 1 N–H and O–H groups in total. The Hall–Kier alpha value is -3.32. The Morgan fingerprint density at radius 1 is 0.941 bits per heavy atom. The van der Waals surface area contributed by atoms with Gasteiger partial charge in [0, 0.05) is 38.6 Å².